The van der Waals surface area contributed by atoms with Crippen LogP contribution in [0.5, 0.6) is 0 Å². The van der Waals surface area contributed by atoms with Gasteiger partial charge in [-0.15, -0.1) is 0 Å². The smallest absolute Gasteiger partial charge is 0.314 e. The molecule has 0 amide bonds. The zero-order chi connectivity index (χ0) is 16.3. The summed E-state index contributed by atoms with van der Waals surface area (Å²) in [5.74, 6) is 0. The van der Waals surface area contributed by atoms with E-state index < -0.39 is 12.6 Å². The minimum Gasteiger partial charge on any atom is -0.314 e. The van der Waals surface area contributed by atoms with Crippen molar-refractivity contribution in [2.75, 3.05) is 26.2 Å². The van der Waals surface area contributed by atoms with Gasteiger partial charge in [0.2, 0.25) is 0 Å². The molecule has 3 rings (SSSR count). The van der Waals surface area contributed by atoms with Gasteiger partial charge in [-0.3, -0.25) is 9.88 Å². The molecule has 2 heterocycles. The molecule has 1 saturated heterocycles. The Morgan fingerprint density at radius 2 is 1.87 bits per heavy atom. The van der Waals surface area contributed by atoms with Crippen molar-refractivity contribution in [2.24, 2.45) is 0 Å². The van der Waals surface area contributed by atoms with Crippen molar-refractivity contribution in [1.82, 2.24) is 15.2 Å². The number of benzene rings is 1. The molecule has 124 valence electrons. The Balaban J connectivity index is 1.95. The monoisotopic (exact) mass is 323 g/mol. The minimum absolute atomic E-state index is 0.0809. The number of hydrogen-bond donors (Lipinski definition) is 1. The lowest BCUT2D eigenvalue weighted by Gasteiger charge is -2.36. The summed E-state index contributed by atoms with van der Waals surface area (Å²) in [6.07, 6.45) is -3.12. The quantitative estimate of drug-likeness (QED) is 0.933. The third-order valence-corrected chi connectivity index (χ3v) is 4.34. The standard InChI is InChI=1S/C17H20F3N3/c18-17(19,20)7-5-16(23-11-9-21-10-12-23)14-6-8-22-15-4-2-1-3-13(14)15/h1-4,6,8,16,21H,5,7,9-12H2/t16-/m1/s1. The summed E-state index contributed by atoms with van der Waals surface area (Å²) >= 11 is 0. The number of aromatic nitrogens is 1. The molecule has 6 heteroatoms. The summed E-state index contributed by atoms with van der Waals surface area (Å²) in [6, 6.07) is 9.29. The van der Waals surface area contributed by atoms with Gasteiger partial charge in [0.1, 0.15) is 0 Å². The molecule has 0 unspecified atom stereocenters. The second-order valence-electron chi connectivity index (χ2n) is 5.87. The van der Waals surface area contributed by atoms with Crippen LogP contribution in [0.1, 0.15) is 24.4 Å². The van der Waals surface area contributed by atoms with Crippen LogP contribution in [-0.4, -0.2) is 42.2 Å². The van der Waals surface area contributed by atoms with Crippen LogP contribution in [0.15, 0.2) is 36.5 Å². The highest BCUT2D eigenvalue weighted by molar-refractivity contribution is 5.82. The van der Waals surface area contributed by atoms with E-state index in [1.54, 1.807) is 6.20 Å². The number of nitrogens with zero attached hydrogens (tertiary/aromatic N) is 2. The topological polar surface area (TPSA) is 28.2 Å². The second kappa shape index (κ2) is 6.84. The molecule has 1 N–H and O–H groups in total. The molecule has 1 fully saturated rings. The summed E-state index contributed by atoms with van der Waals surface area (Å²) in [4.78, 5) is 6.48. The molecular formula is C17H20F3N3. The summed E-state index contributed by atoms with van der Waals surface area (Å²) in [6.45, 7) is 3.15. The van der Waals surface area contributed by atoms with E-state index >= 15 is 0 Å². The Hall–Kier alpha value is -1.66. The number of fused-ring (bicyclic) bond motifs is 1. The van der Waals surface area contributed by atoms with Crippen LogP contribution in [0, 0.1) is 0 Å². The van der Waals surface area contributed by atoms with E-state index in [1.807, 2.05) is 30.3 Å². The van der Waals surface area contributed by atoms with Gasteiger partial charge in [0.25, 0.3) is 0 Å². The van der Waals surface area contributed by atoms with E-state index in [-0.39, 0.29) is 12.5 Å². The minimum atomic E-state index is -4.13. The van der Waals surface area contributed by atoms with E-state index in [4.69, 9.17) is 0 Å². The molecule has 0 saturated carbocycles. The Morgan fingerprint density at radius 1 is 1.13 bits per heavy atom. The Morgan fingerprint density at radius 3 is 2.61 bits per heavy atom. The number of alkyl halides is 3. The van der Waals surface area contributed by atoms with E-state index in [9.17, 15) is 13.2 Å². The molecule has 0 spiro atoms. The van der Waals surface area contributed by atoms with Crippen LogP contribution in [0.2, 0.25) is 0 Å². The second-order valence-corrected chi connectivity index (χ2v) is 5.87. The Bertz CT molecular complexity index is 646. The maximum absolute atomic E-state index is 12.8. The van der Waals surface area contributed by atoms with Crippen molar-refractivity contribution < 1.29 is 13.2 Å². The lowest BCUT2D eigenvalue weighted by atomic mass is 9.96. The van der Waals surface area contributed by atoms with Gasteiger partial charge in [0, 0.05) is 50.2 Å². The van der Waals surface area contributed by atoms with Gasteiger partial charge in [-0.25, -0.2) is 0 Å². The third kappa shape index (κ3) is 4.00. The van der Waals surface area contributed by atoms with Gasteiger partial charge in [-0.2, -0.15) is 13.2 Å². The van der Waals surface area contributed by atoms with Crippen molar-refractivity contribution in [2.45, 2.75) is 25.1 Å². The van der Waals surface area contributed by atoms with Crippen LogP contribution >= 0.6 is 0 Å². The summed E-state index contributed by atoms with van der Waals surface area (Å²) in [7, 11) is 0. The fourth-order valence-electron chi connectivity index (χ4n) is 3.24. The van der Waals surface area contributed by atoms with Crippen LogP contribution < -0.4 is 5.32 Å². The van der Waals surface area contributed by atoms with Crippen molar-refractivity contribution in [1.29, 1.82) is 0 Å². The molecule has 0 bridgehead atoms. The third-order valence-electron chi connectivity index (χ3n) is 4.34. The molecular weight excluding hydrogens is 303 g/mol. The van der Waals surface area contributed by atoms with Crippen molar-refractivity contribution in [3.63, 3.8) is 0 Å². The van der Waals surface area contributed by atoms with Crippen LogP contribution in [-0.2, 0) is 0 Å². The molecule has 2 aromatic rings. The first-order chi connectivity index (χ1) is 11.0. The first kappa shape index (κ1) is 16.2. The van der Waals surface area contributed by atoms with E-state index in [2.05, 4.69) is 15.2 Å². The predicted molar refractivity (Wildman–Crippen MR) is 84.2 cm³/mol. The van der Waals surface area contributed by atoms with E-state index in [0.29, 0.717) is 0 Å². The molecule has 1 aliphatic heterocycles. The molecule has 1 aliphatic rings. The van der Waals surface area contributed by atoms with Gasteiger partial charge >= 0.3 is 6.18 Å². The molecule has 3 nitrogen and oxygen atoms in total. The highest BCUT2D eigenvalue weighted by atomic mass is 19.4. The Labute approximate surface area is 133 Å². The molecule has 1 aromatic heterocycles. The van der Waals surface area contributed by atoms with Gasteiger partial charge in [0.15, 0.2) is 0 Å². The lowest BCUT2D eigenvalue weighted by Crippen LogP contribution is -2.45. The lowest BCUT2D eigenvalue weighted by molar-refractivity contribution is -0.138. The van der Waals surface area contributed by atoms with E-state index in [0.717, 1.165) is 42.6 Å². The first-order valence-electron chi connectivity index (χ1n) is 7.90. The van der Waals surface area contributed by atoms with Crippen LogP contribution in [0.25, 0.3) is 10.9 Å². The average molecular weight is 323 g/mol. The first-order valence-corrected chi connectivity index (χ1v) is 7.90. The summed E-state index contributed by atoms with van der Waals surface area (Å²) in [5, 5.41) is 4.20. The number of hydrogen-bond acceptors (Lipinski definition) is 3. The van der Waals surface area contributed by atoms with Gasteiger partial charge < -0.3 is 5.32 Å². The number of rotatable bonds is 4. The maximum atomic E-state index is 12.8. The highest BCUT2D eigenvalue weighted by Crippen LogP contribution is 2.34. The van der Waals surface area contributed by atoms with Gasteiger partial charge in [0.05, 0.1) is 5.52 Å². The van der Waals surface area contributed by atoms with Crippen molar-refractivity contribution in [3.05, 3.63) is 42.1 Å². The fraction of sp³-hybridized carbons (Fsp3) is 0.471. The van der Waals surface area contributed by atoms with Crippen LogP contribution in [0.4, 0.5) is 13.2 Å². The average Bonchev–Trinajstić information content (AvgIpc) is 2.55. The zero-order valence-corrected chi connectivity index (χ0v) is 12.8. The SMILES string of the molecule is FC(F)(F)CC[C@H](c1ccnc2ccccc12)N1CCNCC1. The summed E-state index contributed by atoms with van der Waals surface area (Å²) in [5.41, 5.74) is 1.78. The normalized spacial score (nSPS) is 18.2. The van der Waals surface area contributed by atoms with Crippen molar-refractivity contribution in [3.8, 4) is 0 Å². The molecule has 0 radical (unpaired) electrons. The molecule has 0 aliphatic carbocycles. The molecule has 1 atom stereocenters. The number of para-hydroxylation sites is 1. The predicted octanol–water partition coefficient (Wildman–Crippen LogP) is 3.52. The maximum Gasteiger partial charge on any atom is 0.389 e. The summed E-state index contributed by atoms with van der Waals surface area (Å²) < 4.78 is 38.3. The van der Waals surface area contributed by atoms with Crippen molar-refractivity contribution >= 4 is 10.9 Å². The number of halogens is 3. The number of nitrogens with one attached hydrogen (secondary N) is 1. The molecule has 1 aromatic carbocycles. The number of pyridine rings is 1. The molecule has 23 heavy (non-hydrogen) atoms. The van der Waals surface area contributed by atoms with Gasteiger partial charge in [-0.1, -0.05) is 18.2 Å². The zero-order valence-electron chi connectivity index (χ0n) is 12.8. The van der Waals surface area contributed by atoms with Gasteiger partial charge in [-0.05, 0) is 24.1 Å². The highest BCUT2D eigenvalue weighted by Gasteiger charge is 2.31. The number of piperazine rings is 1. The Kier molecular flexibility index (Phi) is 4.82. The largest absolute Gasteiger partial charge is 0.389 e. The van der Waals surface area contributed by atoms with E-state index in [1.165, 1.54) is 0 Å². The fourth-order valence-corrected chi connectivity index (χ4v) is 3.24. The van der Waals surface area contributed by atoms with Crippen LogP contribution in [0.3, 0.4) is 0 Å².